The van der Waals surface area contributed by atoms with Crippen LogP contribution < -0.4 is 10.9 Å². The first kappa shape index (κ1) is 5.72. The molecule has 0 radical (unpaired) electrons. The van der Waals surface area contributed by atoms with Crippen LogP contribution in [-0.2, 0) is 4.79 Å². The maximum absolute atomic E-state index is 10.5. The Morgan fingerprint density at radius 1 is 1.75 bits per heavy atom. The van der Waals surface area contributed by atoms with Crippen LogP contribution in [0.3, 0.4) is 0 Å². The van der Waals surface area contributed by atoms with Gasteiger partial charge < -0.3 is 0 Å². The Morgan fingerprint density at radius 2 is 2.50 bits per heavy atom. The molecule has 1 aliphatic heterocycles. The first-order valence-electron chi connectivity index (χ1n) is 2.79. The zero-order valence-corrected chi connectivity index (χ0v) is 4.90. The van der Waals surface area contributed by atoms with Crippen molar-refractivity contribution < 1.29 is 4.79 Å². The predicted octanol–water partition coefficient (Wildman–Crippen LogP) is -0.558. The molecule has 1 heterocycles. The van der Waals surface area contributed by atoms with Crippen LogP contribution in [0.1, 0.15) is 13.3 Å². The summed E-state index contributed by atoms with van der Waals surface area (Å²) in [5.74, 6) is 0.218. The molecule has 1 aliphatic rings. The van der Waals surface area contributed by atoms with Crippen LogP contribution in [0.25, 0.3) is 0 Å². The van der Waals surface area contributed by atoms with Crippen molar-refractivity contribution in [3.05, 3.63) is 0 Å². The average molecular weight is 114 g/mol. The Kier molecular flexibility index (Phi) is 1.60. The molecule has 1 unspecified atom stereocenters. The molecule has 3 nitrogen and oxygen atoms in total. The van der Waals surface area contributed by atoms with Gasteiger partial charge >= 0.3 is 0 Å². The third kappa shape index (κ3) is 1.05. The second-order valence-electron chi connectivity index (χ2n) is 2.02. The van der Waals surface area contributed by atoms with Crippen LogP contribution in [-0.4, -0.2) is 18.4 Å². The van der Waals surface area contributed by atoms with Crippen molar-refractivity contribution in [2.75, 3.05) is 6.54 Å². The molecule has 8 heavy (non-hydrogen) atoms. The van der Waals surface area contributed by atoms with Gasteiger partial charge in [0, 0.05) is 6.54 Å². The molecule has 1 saturated heterocycles. The lowest BCUT2D eigenvalue weighted by Gasteiger charge is -2.00. The lowest BCUT2D eigenvalue weighted by atomic mass is 10.2. The highest BCUT2D eigenvalue weighted by Gasteiger charge is 2.16. The Bertz CT molecular complexity index is 96.6. The molecule has 0 amide bonds. The Hall–Kier alpha value is -0.410. The molecule has 0 aromatic carbocycles. The van der Waals surface area contributed by atoms with Crippen LogP contribution in [0.5, 0.6) is 0 Å². The zero-order valence-electron chi connectivity index (χ0n) is 4.90. The number of carbonyl (C=O) groups is 1. The first-order chi connectivity index (χ1) is 3.80. The van der Waals surface area contributed by atoms with E-state index in [9.17, 15) is 4.79 Å². The van der Waals surface area contributed by atoms with Crippen LogP contribution in [0.15, 0.2) is 0 Å². The molecule has 0 spiro atoms. The third-order valence-corrected chi connectivity index (χ3v) is 1.33. The summed E-state index contributed by atoms with van der Waals surface area (Å²) in [4.78, 5) is 10.5. The third-order valence-electron chi connectivity index (χ3n) is 1.33. The first-order valence-corrected chi connectivity index (χ1v) is 2.79. The second kappa shape index (κ2) is 2.24. The van der Waals surface area contributed by atoms with Crippen molar-refractivity contribution in [1.29, 1.82) is 0 Å². The van der Waals surface area contributed by atoms with Gasteiger partial charge in [-0.1, -0.05) is 0 Å². The Labute approximate surface area is 48.4 Å². The highest BCUT2D eigenvalue weighted by molar-refractivity contribution is 5.81. The summed E-state index contributed by atoms with van der Waals surface area (Å²) in [6.45, 7) is 2.51. The van der Waals surface area contributed by atoms with Gasteiger partial charge in [-0.05, 0) is 13.3 Å². The maximum Gasteiger partial charge on any atom is 0.148 e. The summed E-state index contributed by atoms with van der Waals surface area (Å²) in [7, 11) is 0. The summed E-state index contributed by atoms with van der Waals surface area (Å²) in [5, 5.41) is 0. The van der Waals surface area contributed by atoms with E-state index in [2.05, 4.69) is 10.9 Å². The van der Waals surface area contributed by atoms with Crippen molar-refractivity contribution in [1.82, 2.24) is 10.9 Å². The van der Waals surface area contributed by atoms with Gasteiger partial charge in [0.1, 0.15) is 5.78 Å². The molecule has 0 aliphatic carbocycles. The van der Waals surface area contributed by atoms with Crippen molar-refractivity contribution in [3.63, 3.8) is 0 Å². The summed E-state index contributed by atoms with van der Waals surface area (Å²) in [6, 6.07) is 0.0648. The van der Waals surface area contributed by atoms with Gasteiger partial charge in [0.15, 0.2) is 0 Å². The fraction of sp³-hybridized carbons (Fsp3) is 0.800. The van der Waals surface area contributed by atoms with E-state index >= 15 is 0 Å². The zero-order chi connectivity index (χ0) is 5.98. The van der Waals surface area contributed by atoms with E-state index in [0.717, 1.165) is 13.0 Å². The smallest absolute Gasteiger partial charge is 0.148 e. The van der Waals surface area contributed by atoms with Crippen LogP contribution >= 0.6 is 0 Å². The maximum atomic E-state index is 10.5. The van der Waals surface area contributed by atoms with Gasteiger partial charge in [-0.25, -0.2) is 5.43 Å². The van der Waals surface area contributed by atoms with E-state index in [0.29, 0.717) is 0 Å². The minimum atomic E-state index is 0.0648. The lowest BCUT2D eigenvalue weighted by Crippen LogP contribution is -2.34. The van der Waals surface area contributed by atoms with Gasteiger partial charge in [-0.3, -0.25) is 10.2 Å². The molecule has 0 bridgehead atoms. The molecule has 0 saturated carbocycles. The average Bonchev–Trinajstić information content (AvgIpc) is 2.12. The standard InChI is InChI=1S/C5H10N2O/c1-4(8)5-2-3-6-7-5/h5-7H,2-3H2,1H3. The van der Waals surface area contributed by atoms with Gasteiger partial charge in [-0.2, -0.15) is 0 Å². The van der Waals surface area contributed by atoms with Crippen molar-refractivity contribution >= 4 is 5.78 Å². The van der Waals surface area contributed by atoms with E-state index in [1.807, 2.05) is 0 Å². The number of hydrazine groups is 1. The van der Waals surface area contributed by atoms with Gasteiger partial charge in [-0.15, -0.1) is 0 Å². The number of Topliss-reactive ketones (excluding diaryl/α,β-unsaturated/α-hetero) is 1. The number of nitrogens with one attached hydrogen (secondary N) is 2. The van der Waals surface area contributed by atoms with E-state index < -0.39 is 0 Å². The number of hydrogen-bond donors (Lipinski definition) is 2. The Morgan fingerprint density at radius 3 is 2.75 bits per heavy atom. The van der Waals surface area contributed by atoms with E-state index in [1.165, 1.54) is 0 Å². The molecule has 46 valence electrons. The van der Waals surface area contributed by atoms with Crippen molar-refractivity contribution in [3.8, 4) is 0 Å². The second-order valence-corrected chi connectivity index (χ2v) is 2.02. The summed E-state index contributed by atoms with van der Waals surface area (Å²) < 4.78 is 0. The Balaban J connectivity index is 2.35. The van der Waals surface area contributed by atoms with Crippen molar-refractivity contribution in [2.45, 2.75) is 19.4 Å². The molecule has 1 rings (SSSR count). The lowest BCUT2D eigenvalue weighted by molar-refractivity contribution is -0.118. The fourth-order valence-corrected chi connectivity index (χ4v) is 0.789. The number of ketones is 1. The van der Waals surface area contributed by atoms with E-state index in [1.54, 1.807) is 6.92 Å². The van der Waals surface area contributed by atoms with Crippen LogP contribution in [0.2, 0.25) is 0 Å². The molecule has 0 aromatic rings. The molecule has 0 aromatic heterocycles. The monoisotopic (exact) mass is 114 g/mol. The number of carbonyl (C=O) groups excluding carboxylic acids is 1. The molecule has 3 heteroatoms. The normalized spacial score (nSPS) is 28.4. The molecular weight excluding hydrogens is 104 g/mol. The molecule has 2 N–H and O–H groups in total. The highest BCUT2D eigenvalue weighted by Crippen LogP contribution is 1.95. The largest absolute Gasteiger partial charge is 0.298 e. The van der Waals surface area contributed by atoms with E-state index in [-0.39, 0.29) is 11.8 Å². The van der Waals surface area contributed by atoms with Crippen LogP contribution in [0.4, 0.5) is 0 Å². The van der Waals surface area contributed by atoms with Gasteiger partial charge in [0.05, 0.1) is 6.04 Å². The van der Waals surface area contributed by atoms with Crippen LogP contribution in [0, 0.1) is 0 Å². The van der Waals surface area contributed by atoms with Gasteiger partial charge in [0.2, 0.25) is 0 Å². The minimum Gasteiger partial charge on any atom is -0.298 e. The van der Waals surface area contributed by atoms with Crippen molar-refractivity contribution in [2.24, 2.45) is 0 Å². The fourth-order valence-electron chi connectivity index (χ4n) is 0.789. The highest BCUT2D eigenvalue weighted by atomic mass is 16.1. The van der Waals surface area contributed by atoms with Gasteiger partial charge in [0.25, 0.3) is 0 Å². The SMILES string of the molecule is CC(=O)C1CCNN1. The number of rotatable bonds is 1. The summed E-state index contributed by atoms with van der Waals surface area (Å²) in [5.41, 5.74) is 5.74. The number of hydrogen-bond acceptors (Lipinski definition) is 3. The molecule has 1 atom stereocenters. The predicted molar refractivity (Wildman–Crippen MR) is 30.2 cm³/mol. The van der Waals surface area contributed by atoms with E-state index in [4.69, 9.17) is 0 Å². The summed E-state index contributed by atoms with van der Waals surface area (Å²) in [6.07, 6.45) is 0.926. The molecule has 1 fully saturated rings. The quantitative estimate of drug-likeness (QED) is 0.480. The minimum absolute atomic E-state index is 0.0648. The molecular formula is C5H10N2O. The summed E-state index contributed by atoms with van der Waals surface area (Å²) >= 11 is 0. The topological polar surface area (TPSA) is 41.1 Å².